The molecule has 166 valence electrons. The van der Waals surface area contributed by atoms with E-state index in [9.17, 15) is 9.59 Å². The van der Waals surface area contributed by atoms with Gasteiger partial charge in [0.15, 0.2) is 5.76 Å². The Labute approximate surface area is 182 Å². The van der Waals surface area contributed by atoms with Crippen molar-refractivity contribution in [3.05, 3.63) is 34.5 Å². The molecule has 2 atom stereocenters. The molecule has 0 spiro atoms. The number of carbonyl (C=O) groups is 1. The smallest absolute Gasteiger partial charge is 0.381 e. The Kier molecular flexibility index (Phi) is 7.02. The highest BCUT2D eigenvalue weighted by molar-refractivity contribution is 7.19. The summed E-state index contributed by atoms with van der Waals surface area (Å²) < 4.78 is 15.7. The number of hydrogen-bond acceptors (Lipinski definition) is 11. The molecule has 0 radical (unpaired) electrons. The van der Waals surface area contributed by atoms with Gasteiger partial charge in [-0.15, -0.1) is 10.2 Å². The summed E-state index contributed by atoms with van der Waals surface area (Å²) in [5.74, 6) is -0.838. The van der Waals surface area contributed by atoms with E-state index in [1.165, 1.54) is 18.2 Å². The van der Waals surface area contributed by atoms with Gasteiger partial charge in [-0.25, -0.2) is 9.80 Å². The number of hydrogen-bond donors (Lipinski definition) is 2. The number of ether oxygens (including phenoxy) is 2. The maximum absolute atomic E-state index is 12.7. The van der Waals surface area contributed by atoms with Crippen LogP contribution in [-0.2, 0) is 4.74 Å². The molecular formula is C19H24N6O5S. The summed E-state index contributed by atoms with van der Waals surface area (Å²) >= 11 is 1.06. The molecule has 0 aromatic carbocycles. The van der Waals surface area contributed by atoms with Gasteiger partial charge in [-0.05, 0) is 26.2 Å². The minimum Gasteiger partial charge on any atom is -0.488 e. The van der Waals surface area contributed by atoms with Crippen LogP contribution in [0.5, 0.6) is 5.75 Å². The van der Waals surface area contributed by atoms with E-state index in [1.54, 1.807) is 14.0 Å². The van der Waals surface area contributed by atoms with Gasteiger partial charge in [-0.3, -0.25) is 10.1 Å². The van der Waals surface area contributed by atoms with Crippen molar-refractivity contribution >= 4 is 39.9 Å². The molecular weight excluding hydrogens is 424 g/mol. The van der Waals surface area contributed by atoms with Crippen molar-refractivity contribution in [1.82, 2.24) is 10.2 Å². The number of rotatable bonds is 9. The lowest BCUT2D eigenvalue weighted by Gasteiger charge is -2.16. The Morgan fingerprint density at radius 3 is 2.77 bits per heavy atom. The van der Waals surface area contributed by atoms with E-state index in [0.29, 0.717) is 16.5 Å². The van der Waals surface area contributed by atoms with Crippen molar-refractivity contribution in [1.29, 1.82) is 0 Å². The Morgan fingerprint density at radius 1 is 1.39 bits per heavy atom. The molecule has 1 amide bonds. The lowest BCUT2D eigenvalue weighted by molar-refractivity contribution is 0.0991. The molecule has 2 heterocycles. The van der Waals surface area contributed by atoms with Crippen LogP contribution in [0.25, 0.3) is 0 Å². The third-order valence-corrected chi connectivity index (χ3v) is 5.55. The molecule has 1 saturated carbocycles. The molecule has 11 nitrogen and oxygen atoms in total. The molecule has 1 fully saturated rings. The second-order valence-electron chi connectivity index (χ2n) is 6.89. The molecule has 3 rings (SSSR count). The molecule has 2 aromatic heterocycles. The summed E-state index contributed by atoms with van der Waals surface area (Å²) in [7, 11) is 3.04. The highest BCUT2D eigenvalue weighted by Crippen LogP contribution is 2.30. The second-order valence-corrected chi connectivity index (χ2v) is 7.85. The maximum Gasteiger partial charge on any atom is 0.381 e. The van der Waals surface area contributed by atoms with Gasteiger partial charge in [0.25, 0.3) is 5.91 Å². The van der Waals surface area contributed by atoms with Gasteiger partial charge in [-0.2, -0.15) is 5.10 Å². The Balaban J connectivity index is 1.79. The number of amides is 1. The molecule has 31 heavy (non-hydrogen) atoms. The quantitative estimate of drug-likeness (QED) is 0.439. The van der Waals surface area contributed by atoms with E-state index in [2.05, 4.69) is 39.2 Å². The minimum atomic E-state index is -0.763. The lowest BCUT2D eigenvalue weighted by Crippen LogP contribution is -2.21. The van der Waals surface area contributed by atoms with Crippen molar-refractivity contribution in [2.45, 2.75) is 38.3 Å². The zero-order chi connectivity index (χ0) is 22.5. The van der Waals surface area contributed by atoms with Crippen molar-refractivity contribution in [2.75, 3.05) is 29.9 Å². The van der Waals surface area contributed by atoms with Crippen LogP contribution in [0.2, 0.25) is 0 Å². The van der Waals surface area contributed by atoms with E-state index >= 15 is 0 Å². The molecule has 2 unspecified atom stereocenters. The normalized spacial score (nSPS) is 17.8. The standard InChI is InChI=1S/C19H24N6O5S/c1-10(2)25(20-3)19-24-23-18(31-19)22-16(26)14-9-13(15(29-5)17(27)30-14)21-11-6-7-12(8-11)28-4/h9,11-12,21H,1,3,6-8H2,2,4-5H3,(H,22,23,26). The molecule has 12 heteroatoms. The largest absolute Gasteiger partial charge is 0.488 e. The fourth-order valence-corrected chi connectivity index (χ4v) is 4.03. The summed E-state index contributed by atoms with van der Waals surface area (Å²) in [6, 6.07) is 1.52. The van der Waals surface area contributed by atoms with Crippen LogP contribution in [0.1, 0.15) is 36.7 Å². The van der Waals surface area contributed by atoms with Gasteiger partial charge >= 0.3 is 5.63 Å². The third-order valence-electron chi connectivity index (χ3n) is 4.73. The van der Waals surface area contributed by atoms with Crippen molar-refractivity contribution in [3.63, 3.8) is 0 Å². The number of carbonyl (C=O) groups excluding carboxylic acids is 1. The molecule has 0 saturated heterocycles. The van der Waals surface area contributed by atoms with Gasteiger partial charge < -0.3 is 19.2 Å². The number of methoxy groups -OCH3 is 2. The molecule has 2 N–H and O–H groups in total. The fraction of sp³-hybridized carbons (Fsp3) is 0.421. The molecule has 0 aliphatic heterocycles. The molecule has 0 bridgehead atoms. The van der Waals surface area contributed by atoms with Crippen LogP contribution in [0.3, 0.4) is 0 Å². The summed E-state index contributed by atoms with van der Waals surface area (Å²) in [5.41, 5.74) is 0.206. The minimum absolute atomic E-state index is 0.00442. The van der Waals surface area contributed by atoms with Crippen LogP contribution >= 0.6 is 11.3 Å². The van der Waals surface area contributed by atoms with Crippen molar-refractivity contribution < 1.29 is 18.7 Å². The van der Waals surface area contributed by atoms with Gasteiger partial charge in [0, 0.05) is 31.6 Å². The van der Waals surface area contributed by atoms with Crippen LogP contribution in [0, 0.1) is 0 Å². The fourth-order valence-electron chi connectivity index (χ4n) is 3.25. The van der Waals surface area contributed by atoms with Crippen LogP contribution in [-0.4, -0.2) is 49.2 Å². The summed E-state index contributed by atoms with van der Waals surface area (Å²) in [5, 5.41) is 19.4. The Hall–Kier alpha value is -3.25. The average molecular weight is 449 g/mol. The number of anilines is 3. The lowest BCUT2D eigenvalue weighted by atomic mass is 10.2. The Morgan fingerprint density at radius 2 is 2.16 bits per heavy atom. The second kappa shape index (κ2) is 9.71. The van der Waals surface area contributed by atoms with E-state index in [4.69, 9.17) is 13.9 Å². The highest BCUT2D eigenvalue weighted by Gasteiger charge is 2.27. The zero-order valence-corrected chi connectivity index (χ0v) is 18.3. The van der Waals surface area contributed by atoms with Crippen molar-refractivity contribution in [3.8, 4) is 5.75 Å². The predicted molar refractivity (Wildman–Crippen MR) is 118 cm³/mol. The van der Waals surface area contributed by atoms with E-state index < -0.39 is 11.5 Å². The summed E-state index contributed by atoms with van der Waals surface area (Å²) in [6.45, 7) is 8.96. The van der Waals surface area contributed by atoms with Crippen LogP contribution < -0.4 is 26.0 Å². The molecule has 1 aliphatic carbocycles. The first-order chi connectivity index (χ1) is 14.9. The predicted octanol–water partition coefficient (Wildman–Crippen LogP) is 2.69. The third kappa shape index (κ3) is 5.09. The highest BCUT2D eigenvalue weighted by atomic mass is 32.1. The SMILES string of the molecule is C=NN(C(=C)C)c1nnc(NC(=O)c2cc(NC3CCC(OC)C3)c(OC)c(=O)o2)s1. The van der Waals surface area contributed by atoms with E-state index in [0.717, 1.165) is 30.6 Å². The summed E-state index contributed by atoms with van der Waals surface area (Å²) in [6.07, 6.45) is 2.71. The first kappa shape index (κ1) is 22.4. The summed E-state index contributed by atoms with van der Waals surface area (Å²) in [4.78, 5) is 25.0. The number of nitrogens with zero attached hydrogens (tertiary/aromatic N) is 4. The first-order valence-corrected chi connectivity index (χ1v) is 10.3. The maximum atomic E-state index is 12.7. The van der Waals surface area contributed by atoms with Crippen LogP contribution in [0.4, 0.5) is 16.0 Å². The number of aromatic nitrogens is 2. The Bertz CT molecular complexity index is 1040. The first-order valence-electron chi connectivity index (χ1n) is 9.44. The van der Waals surface area contributed by atoms with Crippen molar-refractivity contribution in [2.24, 2.45) is 5.10 Å². The van der Waals surface area contributed by atoms with Gasteiger partial charge in [-0.1, -0.05) is 17.9 Å². The van der Waals surface area contributed by atoms with Gasteiger partial charge in [0.1, 0.15) is 0 Å². The number of nitrogens with one attached hydrogen (secondary N) is 2. The number of allylic oxidation sites excluding steroid dienone is 1. The van der Waals surface area contributed by atoms with E-state index in [1.807, 2.05) is 0 Å². The van der Waals surface area contributed by atoms with Crippen LogP contribution in [0.15, 0.2) is 32.7 Å². The topological polar surface area (TPSA) is 131 Å². The molecule has 2 aromatic rings. The zero-order valence-electron chi connectivity index (χ0n) is 17.5. The van der Waals surface area contributed by atoms with Gasteiger partial charge in [0.05, 0.1) is 18.9 Å². The average Bonchev–Trinajstić information content (AvgIpc) is 3.37. The van der Waals surface area contributed by atoms with Gasteiger partial charge in [0.2, 0.25) is 16.0 Å². The molecule has 1 aliphatic rings. The number of hydrazone groups is 1. The van der Waals surface area contributed by atoms with E-state index in [-0.39, 0.29) is 28.8 Å². The monoisotopic (exact) mass is 448 g/mol.